The van der Waals surface area contributed by atoms with Crippen LogP contribution in [0.2, 0.25) is 5.02 Å². The van der Waals surface area contributed by atoms with Crippen molar-refractivity contribution >= 4 is 23.5 Å². The van der Waals surface area contributed by atoms with E-state index in [-0.39, 0.29) is 12.4 Å². The summed E-state index contributed by atoms with van der Waals surface area (Å²) in [5, 5.41) is 4.81. The first-order valence-corrected chi connectivity index (χ1v) is 8.09. The molecule has 0 aromatic heterocycles. The fraction of sp³-hybridized carbons (Fsp3) is 0.0500. The van der Waals surface area contributed by atoms with Gasteiger partial charge in [-0.2, -0.15) is 5.10 Å². The monoisotopic (exact) mass is 354 g/mol. The second-order valence-electron chi connectivity index (χ2n) is 5.33. The number of hydrogen-bond donors (Lipinski definition) is 1. The summed E-state index contributed by atoms with van der Waals surface area (Å²) < 4.78 is 19.1. The van der Waals surface area contributed by atoms with E-state index in [4.69, 9.17) is 16.3 Å². The van der Waals surface area contributed by atoms with E-state index < -0.39 is 0 Å². The molecule has 0 amide bonds. The van der Waals surface area contributed by atoms with Crippen LogP contribution in [0, 0.1) is 5.82 Å². The second kappa shape index (κ2) is 8.31. The third-order valence-electron chi connectivity index (χ3n) is 3.46. The van der Waals surface area contributed by atoms with Crippen LogP contribution in [-0.4, -0.2) is 6.21 Å². The largest absolute Gasteiger partial charge is 0.489 e. The fourth-order valence-electron chi connectivity index (χ4n) is 2.17. The summed E-state index contributed by atoms with van der Waals surface area (Å²) in [5.41, 5.74) is 5.16. The number of rotatable bonds is 6. The SMILES string of the molecule is Fc1ccccc1COc1ccc(C=NNc2cccc(Cl)c2)cc1. The van der Waals surface area contributed by atoms with Crippen LogP contribution in [0.25, 0.3) is 0 Å². The smallest absolute Gasteiger partial charge is 0.129 e. The first-order valence-electron chi connectivity index (χ1n) is 7.71. The molecule has 1 N–H and O–H groups in total. The topological polar surface area (TPSA) is 33.6 Å². The van der Waals surface area contributed by atoms with Crippen molar-refractivity contribution in [2.45, 2.75) is 6.61 Å². The van der Waals surface area contributed by atoms with Crippen LogP contribution in [0.1, 0.15) is 11.1 Å². The van der Waals surface area contributed by atoms with Gasteiger partial charge < -0.3 is 4.74 Å². The van der Waals surface area contributed by atoms with Crippen molar-refractivity contribution in [3.8, 4) is 5.75 Å². The predicted octanol–water partition coefficient (Wildman–Crippen LogP) is 5.50. The number of hydrazone groups is 1. The molecule has 5 heteroatoms. The number of hydrogen-bond acceptors (Lipinski definition) is 3. The summed E-state index contributed by atoms with van der Waals surface area (Å²) in [6.45, 7) is 0.191. The molecule has 0 atom stereocenters. The van der Waals surface area contributed by atoms with Crippen LogP contribution in [-0.2, 0) is 6.61 Å². The maximum atomic E-state index is 13.5. The molecule has 3 rings (SSSR count). The minimum absolute atomic E-state index is 0.191. The summed E-state index contributed by atoms with van der Waals surface area (Å²) in [5.74, 6) is 0.404. The lowest BCUT2D eigenvalue weighted by atomic mass is 10.2. The van der Waals surface area contributed by atoms with Crippen molar-refractivity contribution < 1.29 is 9.13 Å². The number of benzene rings is 3. The van der Waals surface area contributed by atoms with E-state index in [0.29, 0.717) is 16.3 Å². The van der Waals surface area contributed by atoms with Gasteiger partial charge >= 0.3 is 0 Å². The molecule has 3 aromatic carbocycles. The van der Waals surface area contributed by atoms with Gasteiger partial charge in [0.2, 0.25) is 0 Å². The molecule has 0 saturated heterocycles. The normalized spacial score (nSPS) is 10.8. The highest BCUT2D eigenvalue weighted by Crippen LogP contribution is 2.16. The minimum Gasteiger partial charge on any atom is -0.489 e. The average molecular weight is 355 g/mol. The van der Waals surface area contributed by atoms with Crippen molar-refractivity contribution in [3.05, 3.63) is 94.8 Å². The van der Waals surface area contributed by atoms with E-state index in [0.717, 1.165) is 11.3 Å². The maximum absolute atomic E-state index is 13.5. The highest BCUT2D eigenvalue weighted by Gasteiger charge is 2.01. The summed E-state index contributed by atoms with van der Waals surface area (Å²) >= 11 is 5.91. The molecule has 0 radical (unpaired) electrons. The molecule has 0 aliphatic rings. The van der Waals surface area contributed by atoms with Gasteiger partial charge in [-0.05, 0) is 54.1 Å². The van der Waals surface area contributed by atoms with Crippen molar-refractivity contribution in [2.75, 3.05) is 5.43 Å². The number of ether oxygens (including phenoxy) is 1. The summed E-state index contributed by atoms with van der Waals surface area (Å²) in [6.07, 6.45) is 1.70. The fourth-order valence-corrected chi connectivity index (χ4v) is 2.36. The van der Waals surface area contributed by atoms with Crippen LogP contribution in [0.5, 0.6) is 5.75 Å². The third kappa shape index (κ3) is 5.06. The molecule has 126 valence electrons. The molecule has 3 nitrogen and oxygen atoms in total. The van der Waals surface area contributed by atoms with Gasteiger partial charge in [0.05, 0.1) is 11.9 Å². The van der Waals surface area contributed by atoms with Gasteiger partial charge in [0.1, 0.15) is 18.2 Å². The Hall–Kier alpha value is -2.85. The van der Waals surface area contributed by atoms with Gasteiger partial charge in [0.15, 0.2) is 0 Å². The van der Waals surface area contributed by atoms with E-state index in [9.17, 15) is 4.39 Å². The van der Waals surface area contributed by atoms with Gasteiger partial charge in [-0.25, -0.2) is 4.39 Å². The Labute approximate surface area is 150 Å². The zero-order chi connectivity index (χ0) is 17.5. The van der Waals surface area contributed by atoms with Crippen molar-refractivity contribution in [1.29, 1.82) is 0 Å². The molecule has 0 fully saturated rings. The lowest BCUT2D eigenvalue weighted by molar-refractivity contribution is 0.300. The van der Waals surface area contributed by atoms with Gasteiger partial charge in [0, 0.05) is 10.6 Å². The molecule has 0 saturated carbocycles. The van der Waals surface area contributed by atoms with E-state index in [2.05, 4.69) is 10.5 Å². The van der Waals surface area contributed by atoms with Crippen LogP contribution in [0.15, 0.2) is 77.9 Å². The van der Waals surface area contributed by atoms with Crippen molar-refractivity contribution in [2.24, 2.45) is 5.10 Å². The minimum atomic E-state index is -0.265. The Balaban J connectivity index is 1.55. The van der Waals surface area contributed by atoms with E-state index in [1.807, 2.05) is 36.4 Å². The van der Waals surface area contributed by atoms with Crippen LogP contribution < -0.4 is 10.2 Å². The number of halogens is 2. The molecular formula is C20H16ClFN2O. The van der Waals surface area contributed by atoms with Crippen LogP contribution in [0.4, 0.5) is 10.1 Å². The maximum Gasteiger partial charge on any atom is 0.129 e. The summed E-state index contributed by atoms with van der Waals surface area (Å²) in [7, 11) is 0. The first-order chi connectivity index (χ1) is 12.2. The van der Waals surface area contributed by atoms with Gasteiger partial charge in [0.25, 0.3) is 0 Å². The third-order valence-corrected chi connectivity index (χ3v) is 3.70. The van der Waals surface area contributed by atoms with E-state index in [1.165, 1.54) is 6.07 Å². The first kappa shape index (κ1) is 17.0. The molecule has 0 aliphatic heterocycles. The second-order valence-corrected chi connectivity index (χ2v) is 5.77. The van der Waals surface area contributed by atoms with Gasteiger partial charge in [-0.3, -0.25) is 5.43 Å². The lowest BCUT2D eigenvalue weighted by Crippen LogP contribution is -1.98. The van der Waals surface area contributed by atoms with Gasteiger partial charge in [-0.15, -0.1) is 0 Å². The standard InChI is InChI=1S/C20H16ClFN2O/c21-17-5-3-6-18(12-17)24-23-13-15-8-10-19(11-9-15)25-14-16-4-1-2-7-20(16)22/h1-13,24H,14H2. The van der Waals surface area contributed by atoms with E-state index >= 15 is 0 Å². The molecule has 0 aliphatic carbocycles. The molecule has 0 bridgehead atoms. The Morgan fingerprint density at radius 1 is 1.00 bits per heavy atom. The zero-order valence-electron chi connectivity index (χ0n) is 13.3. The van der Waals surface area contributed by atoms with Crippen LogP contribution in [0.3, 0.4) is 0 Å². The highest BCUT2D eigenvalue weighted by molar-refractivity contribution is 6.30. The van der Waals surface area contributed by atoms with Crippen molar-refractivity contribution in [1.82, 2.24) is 0 Å². The quantitative estimate of drug-likeness (QED) is 0.468. The molecular weight excluding hydrogens is 339 g/mol. The van der Waals surface area contributed by atoms with Crippen LogP contribution >= 0.6 is 11.6 Å². The average Bonchev–Trinajstić information content (AvgIpc) is 2.62. The van der Waals surface area contributed by atoms with E-state index in [1.54, 1.807) is 36.5 Å². The van der Waals surface area contributed by atoms with Crippen molar-refractivity contribution in [3.63, 3.8) is 0 Å². The Kier molecular flexibility index (Phi) is 5.65. The molecule has 0 heterocycles. The Bertz CT molecular complexity index is 866. The number of nitrogens with zero attached hydrogens (tertiary/aromatic N) is 1. The zero-order valence-corrected chi connectivity index (χ0v) is 14.1. The highest BCUT2D eigenvalue weighted by atomic mass is 35.5. The number of anilines is 1. The molecule has 0 unspecified atom stereocenters. The number of nitrogens with one attached hydrogen (secondary N) is 1. The summed E-state index contributed by atoms with van der Waals surface area (Å²) in [6, 6.07) is 21.3. The van der Waals surface area contributed by atoms with Gasteiger partial charge in [-0.1, -0.05) is 35.9 Å². The summed E-state index contributed by atoms with van der Waals surface area (Å²) in [4.78, 5) is 0. The lowest BCUT2D eigenvalue weighted by Gasteiger charge is -2.07. The molecule has 25 heavy (non-hydrogen) atoms. The molecule has 3 aromatic rings. The predicted molar refractivity (Wildman–Crippen MR) is 99.8 cm³/mol. The molecule has 0 spiro atoms. The Morgan fingerprint density at radius 3 is 2.56 bits per heavy atom. The Morgan fingerprint density at radius 2 is 1.80 bits per heavy atom.